The second-order valence-electron chi connectivity index (χ2n) is 4.34. The molecule has 1 aromatic carbocycles. The third-order valence-corrected chi connectivity index (χ3v) is 3.79. The van der Waals surface area contributed by atoms with Crippen LogP contribution < -0.4 is 5.32 Å². The van der Waals surface area contributed by atoms with Crippen molar-refractivity contribution in [2.75, 3.05) is 18.4 Å². The van der Waals surface area contributed by atoms with Crippen molar-refractivity contribution < 1.29 is 9.59 Å². The van der Waals surface area contributed by atoms with Crippen molar-refractivity contribution in [3.63, 3.8) is 0 Å². The van der Waals surface area contributed by atoms with Crippen molar-refractivity contribution in [1.29, 1.82) is 0 Å². The Balaban J connectivity index is 2.07. The van der Waals surface area contributed by atoms with E-state index in [9.17, 15) is 9.59 Å². The van der Waals surface area contributed by atoms with Gasteiger partial charge in [-0.1, -0.05) is 18.2 Å². The molecule has 2 aromatic rings. The van der Waals surface area contributed by atoms with Crippen LogP contribution in [0.25, 0.3) is 0 Å². The van der Waals surface area contributed by atoms with Gasteiger partial charge in [-0.25, -0.2) is 4.98 Å². The minimum atomic E-state index is -0.230. The SMILES string of the molecule is CCN(CC)C(=O)c1csc(NC(=O)c2ccccc2)n1. The minimum absolute atomic E-state index is 0.114. The molecule has 0 bridgehead atoms. The highest BCUT2D eigenvalue weighted by Gasteiger charge is 2.17. The molecular weight excluding hydrogens is 286 g/mol. The van der Waals surface area contributed by atoms with Gasteiger partial charge in [0.1, 0.15) is 5.69 Å². The summed E-state index contributed by atoms with van der Waals surface area (Å²) in [7, 11) is 0. The van der Waals surface area contributed by atoms with Gasteiger partial charge in [0.15, 0.2) is 5.13 Å². The molecule has 0 fully saturated rings. The van der Waals surface area contributed by atoms with E-state index in [-0.39, 0.29) is 11.8 Å². The van der Waals surface area contributed by atoms with Crippen LogP contribution in [-0.2, 0) is 0 Å². The summed E-state index contributed by atoms with van der Waals surface area (Å²) < 4.78 is 0. The van der Waals surface area contributed by atoms with E-state index in [1.54, 1.807) is 34.5 Å². The van der Waals surface area contributed by atoms with Crippen molar-refractivity contribution >= 4 is 28.3 Å². The predicted molar refractivity (Wildman–Crippen MR) is 83.8 cm³/mol. The average molecular weight is 303 g/mol. The van der Waals surface area contributed by atoms with Gasteiger partial charge in [-0.3, -0.25) is 14.9 Å². The van der Waals surface area contributed by atoms with E-state index in [1.807, 2.05) is 19.9 Å². The highest BCUT2D eigenvalue weighted by atomic mass is 32.1. The summed E-state index contributed by atoms with van der Waals surface area (Å²) in [5.41, 5.74) is 0.927. The summed E-state index contributed by atoms with van der Waals surface area (Å²) >= 11 is 1.25. The monoisotopic (exact) mass is 303 g/mol. The van der Waals surface area contributed by atoms with Crippen LogP contribution >= 0.6 is 11.3 Å². The number of anilines is 1. The maximum atomic E-state index is 12.1. The topological polar surface area (TPSA) is 62.3 Å². The number of rotatable bonds is 5. The zero-order valence-electron chi connectivity index (χ0n) is 12.0. The Labute approximate surface area is 127 Å². The number of aromatic nitrogens is 1. The number of carbonyl (C=O) groups is 2. The lowest BCUT2D eigenvalue weighted by Gasteiger charge is -2.16. The predicted octanol–water partition coefficient (Wildman–Crippen LogP) is 2.88. The summed E-state index contributed by atoms with van der Waals surface area (Å²) in [5, 5.41) is 4.80. The molecule has 110 valence electrons. The quantitative estimate of drug-likeness (QED) is 0.924. The molecule has 0 spiro atoms. The van der Waals surface area contributed by atoms with E-state index in [4.69, 9.17) is 0 Å². The Bertz CT molecular complexity index is 621. The summed E-state index contributed by atoms with van der Waals surface area (Å²) in [4.78, 5) is 30.0. The van der Waals surface area contributed by atoms with Gasteiger partial charge in [-0.15, -0.1) is 11.3 Å². The Morgan fingerprint density at radius 2 is 1.86 bits per heavy atom. The molecule has 0 atom stereocenters. The second kappa shape index (κ2) is 6.99. The minimum Gasteiger partial charge on any atom is -0.338 e. The Kier molecular flexibility index (Phi) is 5.05. The third kappa shape index (κ3) is 3.66. The van der Waals surface area contributed by atoms with Gasteiger partial charge in [-0.05, 0) is 26.0 Å². The zero-order chi connectivity index (χ0) is 15.2. The van der Waals surface area contributed by atoms with Crippen LogP contribution in [0.5, 0.6) is 0 Å². The van der Waals surface area contributed by atoms with Gasteiger partial charge < -0.3 is 4.90 Å². The first-order chi connectivity index (χ1) is 10.2. The number of carbonyl (C=O) groups excluding carboxylic acids is 2. The average Bonchev–Trinajstić information content (AvgIpc) is 2.97. The first kappa shape index (κ1) is 15.2. The van der Waals surface area contributed by atoms with Crippen molar-refractivity contribution in [2.45, 2.75) is 13.8 Å². The number of benzene rings is 1. The Hall–Kier alpha value is -2.21. The van der Waals surface area contributed by atoms with E-state index in [2.05, 4.69) is 10.3 Å². The largest absolute Gasteiger partial charge is 0.338 e. The fourth-order valence-corrected chi connectivity index (χ4v) is 2.54. The number of nitrogens with one attached hydrogen (secondary N) is 1. The second-order valence-corrected chi connectivity index (χ2v) is 5.19. The molecule has 0 radical (unpaired) electrons. The van der Waals surface area contributed by atoms with E-state index in [0.29, 0.717) is 29.5 Å². The molecule has 21 heavy (non-hydrogen) atoms. The molecule has 0 unspecified atom stereocenters. The summed E-state index contributed by atoms with van der Waals surface area (Å²) in [6.07, 6.45) is 0. The van der Waals surface area contributed by atoms with Crippen LogP contribution in [0.4, 0.5) is 5.13 Å². The standard InChI is InChI=1S/C15H17N3O2S/c1-3-18(4-2)14(20)12-10-21-15(16-12)17-13(19)11-8-6-5-7-9-11/h5-10H,3-4H2,1-2H3,(H,16,17,19). The van der Waals surface area contributed by atoms with Gasteiger partial charge in [0, 0.05) is 24.0 Å². The molecule has 5 nitrogen and oxygen atoms in total. The number of thiazole rings is 1. The molecule has 0 aliphatic rings. The van der Waals surface area contributed by atoms with Crippen LogP contribution in [0, 0.1) is 0 Å². The molecule has 0 aliphatic carbocycles. The van der Waals surface area contributed by atoms with Crippen LogP contribution in [0.2, 0.25) is 0 Å². The highest BCUT2D eigenvalue weighted by Crippen LogP contribution is 2.17. The molecule has 1 N–H and O–H groups in total. The third-order valence-electron chi connectivity index (χ3n) is 3.03. The van der Waals surface area contributed by atoms with Crippen molar-refractivity contribution in [1.82, 2.24) is 9.88 Å². The van der Waals surface area contributed by atoms with Gasteiger partial charge >= 0.3 is 0 Å². The molecule has 1 aromatic heterocycles. The zero-order valence-corrected chi connectivity index (χ0v) is 12.8. The fourth-order valence-electron chi connectivity index (χ4n) is 1.86. The Morgan fingerprint density at radius 3 is 2.48 bits per heavy atom. The molecule has 0 saturated carbocycles. The van der Waals surface area contributed by atoms with Gasteiger partial charge in [0.25, 0.3) is 11.8 Å². The molecule has 6 heteroatoms. The van der Waals surface area contributed by atoms with Gasteiger partial charge in [0.05, 0.1) is 0 Å². The van der Waals surface area contributed by atoms with Crippen LogP contribution in [-0.4, -0.2) is 34.8 Å². The molecule has 0 aliphatic heterocycles. The van der Waals surface area contributed by atoms with Crippen molar-refractivity contribution in [3.05, 3.63) is 47.0 Å². The smallest absolute Gasteiger partial charge is 0.273 e. The van der Waals surface area contributed by atoms with E-state index < -0.39 is 0 Å². The van der Waals surface area contributed by atoms with E-state index in [1.165, 1.54) is 11.3 Å². The molecular formula is C15H17N3O2S. The highest BCUT2D eigenvalue weighted by molar-refractivity contribution is 7.14. The Morgan fingerprint density at radius 1 is 1.19 bits per heavy atom. The summed E-state index contributed by atoms with van der Waals surface area (Å²) in [6, 6.07) is 8.90. The van der Waals surface area contributed by atoms with Crippen LogP contribution in [0.1, 0.15) is 34.7 Å². The van der Waals surface area contributed by atoms with Gasteiger partial charge in [0.2, 0.25) is 0 Å². The molecule has 1 heterocycles. The number of hydrogen-bond donors (Lipinski definition) is 1. The lowest BCUT2D eigenvalue weighted by Crippen LogP contribution is -2.30. The van der Waals surface area contributed by atoms with Crippen LogP contribution in [0.3, 0.4) is 0 Å². The van der Waals surface area contributed by atoms with Crippen molar-refractivity contribution in [2.24, 2.45) is 0 Å². The summed E-state index contributed by atoms with van der Waals surface area (Å²) in [5.74, 6) is -0.344. The lowest BCUT2D eigenvalue weighted by atomic mass is 10.2. The molecule has 2 amide bonds. The number of nitrogens with zero attached hydrogens (tertiary/aromatic N) is 2. The van der Waals surface area contributed by atoms with Gasteiger partial charge in [-0.2, -0.15) is 0 Å². The van der Waals surface area contributed by atoms with Crippen molar-refractivity contribution in [3.8, 4) is 0 Å². The first-order valence-corrected chi connectivity index (χ1v) is 7.64. The lowest BCUT2D eigenvalue weighted by molar-refractivity contribution is 0.0767. The fraction of sp³-hybridized carbons (Fsp3) is 0.267. The number of amides is 2. The van der Waals surface area contributed by atoms with Crippen LogP contribution in [0.15, 0.2) is 35.7 Å². The maximum absolute atomic E-state index is 12.1. The normalized spacial score (nSPS) is 10.2. The molecule has 0 saturated heterocycles. The van der Waals surface area contributed by atoms with E-state index >= 15 is 0 Å². The molecule has 2 rings (SSSR count). The first-order valence-electron chi connectivity index (χ1n) is 6.76. The summed E-state index contributed by atoms with van der Waals surface area (Å²) in [6.45, 7) is 5.12. The number of hydrogen-bond acceptors (Lipinski definition) is 4. The van der Waals surface area contributed by atoms with E-state index in [0.717, 1.165) is 0 Å². The maximum Gasteiger partial charge on any atom is 0.273 e.